The molecule has 114 valence electrons. The summed E-state index contributed by atoms with van der Waals surface area (Å²) in [7, 11) is 1.41. The SMILES string of the molecule is COC1=CC(O)(Oc2cc3cnccc3nc2C)CC=C1O. The number of hydrogen-bond donors (Lipinski definition) is 2. The van der Waals surface area contributed by atoms with Crippen LogP contribution in [0, 0.1) is 6.92 Å². The summed E-state index contributed by atoms with van der Waals surface area (Å²) in [6.45, 7) is 1.80. The quantitative estimate of drug-likeness (QED) is 0.847. The zero-order valence-electron chi connectivity index (χ0n) is 12.3. The summed E-state index contributed by atoms with van der Waals surface area (Å²) in [5.41, 5.74) is 1.46. The number of aliphatic hydroxyl groups excluding tert-OH is 1. The summed E-state index contributed by atoms with van der Waals surface area (Å²) in [5.74, 6) is -1.00. The molecule has 2 heterocycles. The lowest BCUT2D eigenvalue weighted by atomic mass is 10.1. The Balaban J connectivity index is 1.96. The highest BCUT2D eigenvalue weighted by Crippen LogP contribution is 2.31. The minimum atomic E-state index is -1.60. The number of ether oxygens (including phenoxy) is 2. The summed E-state index contributed by atoms with van der Waals surface area (Å²) in [6.07, 6.45) is 6.25. The number of aliphatic hydroxyl groups is 2. The molecule has 1 aliphatic rings. The van der Waals surface area contributed by atoms with E-state index in [1.54, 1.807) is 25.4 Å². The van der Waals surface area contributed by atoms with Gasteiger partial charge in [-0.1, -0.05) is 0 Å². The van der Waals surface area contributed by atoms with E-state index in [-0.39, 0.29) is 17.9 Å². The van der Waals surface area contributed by atoms with Gasteiger partial charge >= 0.3 is 0 Å². The highest BCUT2D eigenvalue weighted by Gasteiger charge is 2.32. The molecule has 3 rings (SSSR count). The molecule has 6 nitrogen and oxygen atoms in total. The Morgan fingerprint density at radius 2 is 2.18 bits per heavy atom. The predicted octanol–water partition coefficient (Wildman–Crippen LogP) is 2.38. The van der Waals surface area contributed by atoms with Gasteiger partial charge in [0.2, 0.25) is 5.79 Å². The molecule has 0 aromatic carbocycles. The van der Waals surface area contributed by atoms with E-state index in [1.807, 2.05) is 6.07 Å². The predicted molar refractivity (Wildman–Crippen MR) is 80.3 cm³/mol. The molecular weight excluding hydrogens is 284 g/mol. The first-order valence-electron chi connectivity index (χ1n) is 6.80. The Bertz CT molecular complexity index is 785. The van der Waals surface area contributed by atoms with Crippen LogP contribution in [-0.2, 0) is 4.74 Å². The molecule has 0 fully saturated rings. The van der Waals surface area contributed by atoms with Crippen molar-refractivity contribution >= 4 is 10.9 Å². The van der Waals surface area contributed by atoms with Gasteiger partial charge < -0.3 is 19.7 Å². The summed E-state index contributed by atoms with van der Waals surface area (Å²) in [6, 6.07) is 3.59. The van der Waals surface area contributed by atoms with E-state index < -0.39 is 5.79 Å². The van der Waals surface area contributed by atoms with Gasteiger partial charge in [-0.25, -0.2) is 4.98 Å². The molecular formula is C16H16N2O4. The summed E-state index contributed by atoms with van der Waals surface area (Å²) in [4.78, 5) is 8.48. The Hall–Kier alpha value is -2.60. The van der Waals surface area contributed by atoms with Crippen molar-refractivity contribution in [1.29, 1.82) is 0 Å². The van der Waals surface area contributed by atoms with E-state index in [0.717, 1.165) is 10.9 Å². The monoisotopic (exact) mass is 300 g/mol. The van der Waals surface area contributed by atoms with Gasteiger partial charge in [0.25, 0.3) is 0 Å². The maximum absolute atomic E-state index is 10.6. The molecule has 1 aliphatic carbocycles. The second-order valence-electron chi connectivity index (χ2n) is 5.09. The van der Waals surface area contributed by atoms with E-state index in [1.165, 1.54) is 19.3 Å². The second-order valence-corrected chi connectivity index (χ2v) is 5.09. The van der Waals surface area contributed by atoms with Crippen molar-refractivity contribution in [3.05, 3.63) is 53.9 Å². The highest BCUT2D eigenvalue weighted by atomic mass is 16.6. The van der Waals surface area contributed by atoms with Gasteiger partial charge in [0.15, 0.2) is 11.5 Å². The average molecular weight is 300 g/mol. The molecule has 0 amide bonds. The standard InChI is InChI=1S/C16H16N2O4/c1-10-14(7-11-9-17-6-4-12(11)18-10)22-16(20)5-3-13(19)15(8-16)21-2/h3-4,6-9,19-20H,5H2,1-2H3. The van der Waals surface area contributed by atoms with Crippen molar-refractivity contribution in [2.45, 2.75) is 19.1 Å². The minimum absolute atomic E-state index is 0.0201. The van der Waals surface area contributed by atoms with Gasteiger partial charge in [-0.3, -0.25) is 4.98 Å². The van der Waals surface area contributed by atoms with Crippen LogP contribution in [0.25, 0.3) is 10.9 Å². The van der Waals surface area contributed by atoms with Crippen LogP contribution in [0.5, 0.6) is 5.75 Å². The maximum Gasteiger partial charge on any atom is 0.235 e. The van der Waals surface area contributed by atoms with Crippen LogP contribution in [0.2, 0.25) is 0 Å². The Labute approximate surface area is 127 Å². The molecule has 1 atom stereocenters. The van der Waals surface area contributed by atoms with Crippen molar-refractivity contribution in [3.8, 4) is 5.75 Å². The lowest BCUT2D eigenvalue weighted by Crippen LogP contribution is -2.35. The van der Waals surface area contributed by atoms with Crippen LogP contribution in [0.4, 0.5) is 0 Å². The normalized spacial score (nSPS) is 21.2. The fourth-order valence-electron chi connectivity index (χ4n) is 2.30. The number of hydrogen-bond acceptors (Lipinski definition) is 6. The van der Waals surface area contributed by atoms with Crippen LogP contribution < -0.4 is 4.74 Å². The van der Waals surface area contributed by atoms with Crippen LogP contribution in [0.3, 0.4) is 0 Å². The third-order valence-corrected chi connectivity index (χ3v) is 3.46. The minimum Gasteiger partial charge on any atom is -0.504 e. The Morgan fingerprint density at radius 3 is 2.95 bits per heavy atom. The van der Waals surface area contributed by atoms with Gasteiger partial charge in [0, 0.05) is 30.3 Å². The lowest BCUT2D eigenvalue weighted by Gasteiger charge is -2.28. The van der Waals surface area contributed by atoms with Crippen LogP contribution in [0.1, 0.15) is 12.1 Å². The van der Waals surface area contributed by atoms with Crippen LogP contribution in [0.15, 0.2) is 48.2 Å². The number of methoxy groups -OCH3 is 1. The topological polar surface area (TPSA) is 84.7 Å². The van der Waals surface area contributed by atoms with Gasteiger partial charge in [-0.15, -0.1) is 0 Å². The van der Waals surface area contributed by atoms with Crippen LogP contribution >= 0.6 is 0 Å². The molecule has 0 radical (unpaired) electrons. The summed E-state index contributed by atoms with van der Waals surface area (Å²) in [5, 5.41) is 21.0. The third kappa shape index (κ3) is 2.60. The molecule has 1 unspecified atom stereocenters. The first-order chi connectivity index (χ1) is 10.5. The maximum atomic E-state index is 10.6. The van der Waals surface area contributed by atoms with Gasteiger partial charge in [0.05, 0.1) is 18.3 Å². The Kier molecular flexibility index (Phi) is 3.46. The molecule has 0 saturated carbocycles. The molecule has 22 heavy (non-hydrogen) atoms. The van der Waals surface area contributed by atoms with Crippen molar-refractivity contribution in [2.75, 3.05) is 7.11 Å². The summed E-state index contributed by atoms with van der Waals surface area (Å²) >= 11 is 0. The molecule has 6 heteroatoms. The van der Waals surface area contributed by atoms with E-state index in [0.29, 0.717) is 11.4 Å². The van der Waals surface area contributed by atoms with E-state index >= 15 is 0 Å². The molecule has 0 aliphatic heterocycles. The molecule has 2 aromatic rings. The molecule has 0 saturated heterocycles. The van der Waals surface area contributed by atoms with E-state index in [2.05, 4.69) is 9.97 Å². The van der Waals surface area contributed by atoms with Crippen molar-refractivity contribution in [2.24, 2.45) is 0 Å². The fraction of sp³-hybridized carbons (Fsp3) is 0.250. The lowest BCUT2D eigenvalue weighted by molar-refractivity contribution is -0.0964. The molecule has 2 aromatic heterocycles. The zero-order valence-corrected chi connectivity index (χ0v) is 12.3. The highest BCUT2D eigenvalue weighted by molar-refractivity contribution is 5.79. The fourth-order valence-corrected chi connectivity index (χ4v) is 2.30. The Morgan fingerprint density at radius 1 is 1.36 bits per heavy atom. The molecule has 2 N–H and O–H groups in total. The first kappa shape index (κ1) is 14.3. The van der Waals surface area contributed by atoms with Crippen molar-refractivity contribution in [3.63, 3.8) is 0 Å². The average Bonchev–Trinajstić information content (AvgIpc) is 2.51. The summed E-state index contributed by atoms with van der Waals surface area (Å²) < 4.78 is 10.7. The zero-order chi connectivity index (χ0) is 15.7. The van der Waals surface area contributed by atoms with Crippen molar-refractivity contribution in [1.82, 2.24) is 9.97 Å². The number of aryl methyl sites for hydroxylation is 1. The number of pyridine rings is 2. The molecule has 0 bridgehead atoms. The van der Waals surface area contributed by atoms with E-state index in [9.17, 15) is 10.2 Å². The second kappa shape index (κ2) is 5.31. The van der Waals surface area contributed by atoms with Gasteiger partial charge in [0.1, 0.15) is 5.75 Å². The first-order valence-corrected chi connectivity index (χ1v) is 6.80. The number of rotatable bonds is 3. The third-order valence-electron chi connectivity index (χ3n) is 3.46. The van der Waals surface area contributed by atoms with E-state index in [4.69, 9.17) is 9.47 Å². The number of nitrogens with zero attached hydrogens (tertiary/aromatic N) is 2. The van der Waals surface area contributed by atoms with Crippen molar-refractivity contribution < 1.29 is 19.7 Å². The smallest absolute Gasteiger partial charge is 0.235 e. The number of fused-ring (bicyclic) bond motifs is 1. The molecule has 0 spiro atoms. The van der Waals surface area contributed by atoms with Crippen LogP contribution in [-0.4, -0.2) is 33.1 Å². The van der Waals surface area contributed by atoms with Gasteiger partial charge in [-0.2, -0.15) is 0 Å². The van der Waals surface area contributed by atoms with Gasteiger partial charge in [-0.05, 0) is 25.1 Å². The largest absolute Gasteiger partial charge is 0.504 e. The number of aromatic nitrogens is 2.